The normalized spacial score (nSPS) is 20.4. The molecule has 1 aliphatic rings. The number of anilines is 1. The Labute approximate surface area is 117 Å². The summed E-state index contributed by atoms with van der Waals surface area (Å²) in [6.07, 6.45) is 2.34. The molecule has 1 aromatic rings. The highest BCUT2D eigenvalue weighted by atomic mass is 35.5. The van der Waals surface area contributed by atoms with Crippen LogP contribution in [0.25, 0.3) is 0 Å². The van der Waals surface area contributed by atoms with Crippen LogP contribution in [0.2, 0.25) is 15.2 Å². The first-order valence-corrected chi connectivity index (χ1v) is 6.92. The molecule has 0 amide bonds. The largest absolute Gasteiger partial charge is 0.352 e. The number of aromatic nitrogens is 1. The van der Waals surface area contributed by atoms with Gasteiger partial charge in [0.25, 0.3) is 0 Å². The van der Waals surface area contributed by atoms with Crippen LogP contribution in [0.5, 0.6) is 0 Å². The zero-order valence-corrected chi connectivity index (χ0v) is 12.1. The van der Waals surface area contributed by atoms with Crippen molar-refractivity contribution in [3.05, 3.63) is 21.3 Å². The minimum Gasteiger partial charge on any atom is -0.352 e. The van der Waals surface area contributed by atoms with E-state index in [1.54, 1.807) is 6.07 Å². The van der Waals surface area contributed by atoms with Gasteiger partial charge < -0.3 is 4.90 Å². The van der Waals surface area contributed by atoms with Gasteiger partial charge in [-0.15, -0.1) is 0 Å². The molecule has 0 radical (unpaired) electrons. The van der Waals surface area contributed by atoms with Crippen LogP contribution in [0, 0.1) is 5.92 Å². The molecule has 0 aromatic carbocycles. The van der Waals surface area contributed by atoms with Gasteiger partial charge in [0.1, 0.15) is 11.0 Å². The fourth-order valence-electron chi connectivity index (χ4n) is 2.39. The number of hydrogen-bond donors (Lipinski definition) is 0. The van der Waals surface area contributed by atoms with Crippen molar-refractivity contribution in [2.75, 3.05) is 11.4 Å². The van der Waals surface area contributed by atoms with Gasteiger partial charge in [0, 0.05) is 12.6 Å². The average Bonchev–Trinajstić information content (AvgIpc) is 2.72. The molecule has 2 nitrogen and oxygen atoms in total. The highest BCUT2D eigenvalue weighted by Gasteiger charge is 2.29. The Bertz CT molecular complexity index is 420. The maximum absolute atomic E-state index is 6.20. The van der Waals surface area contributed by atoms with E-state index in [4.69, 9.17) is 34.8 Å². The molecule has 0 aliphatic carbocycles. The van der Waals surface area contributed by atoms with Crippen molar-refractivity contribution < 1.29 is 0 Å². The minimum absolute atomic E-state index is 0.320. The molecule has 1 saturated heterocycles. The number of halogens is 3. The summed E-state index contributed by atoms with van der Waals surface area (Å²) in [5.74, 6) is 1.34. The second kappa shape index (κ2) is 5.21. The third-order valence-electron chi connectivity index (χ3n) is 3.21. The van der Waals surface area contributed by atoms with E-state index < -0.39 is 0 Å². The van der Waals surface area contributed by atoms with E-state index in [-0.39, 0.29) is 0 Å². The zero-order chi connectivity index (χ0) is 12.6. The minimum atomic E-state index is 0.320. The second-order valence-corrected chi connectivity index (χ2v) is 5.89. The lowest BCUT2D eigenvalue weighted by Gasteiger charge is -2.29. The van der Waals surface area contributed by atoms with Crippen LogP contribution in [0.4, 0.5) is 5.82 Å². The Hall–Kier alpha value is -0.180. The molecule has 0 N–H and O–H groups in total. The summed E-state index contributed by atoms with van der Waals surface area (Å²) in [5.41, 5.74) is 0. The Balaban J connectivity index is 2.36. The molecule has 1 aromatic heterocycles. The van der Waals surface area contributed by atoms with E-state index in [1.165, 1.54) is 12.8 Å². The molecule has 1 unspecified atom stereocenters. The van der Waals surface area contributed by atoms with Gasteiger partial charge >= 0.3 is 0 Å². The van der Waals surface area contributed by atoms with Crippen LogP contribution in [0.3, 0.4) is 0 Å². The highest BCUT2D eigenvalue weighted by Crippen LogP contribution is 2.36. The molecule has 1 aliphatic heterocycles. The SMILES string of the molecule is CC(C)C1CCCN1c1nc(Cl)c(Cl)cc1Cl. The van der Waals surface area contributed by atoms with E-state index in [9.17, 15) is 0 Å². The van der Waals surface area contributed by atoms with Gasteiger partial charge in [-0.2, -0.15) is 0 Å². The van der Waals surface area contributed by atoms with Gasteiger partial charge in [0.15, 0.2) is 0 Å². The van der Waals surface area contributed by atoms with Crippen molar-refractivity contribution in [2.24, 2.45) is 5.92 Å². The molecule has 0 bridgehead atoms. The molecule has 1 atom stereocenters. The monoisotopic (exact) mass is 292 g/mol. The van der Waals surface area contributed by atoms with Crippen molar-refractivity contribution in [3.63, 3.8) is 0 Å². The fraction of sp³-hybridized carbons (Fsp3) is 0.583. The van der Waals surface area contributed by atoms with Gasteiger partial charge in [0.2, 0.25) is 0 Å². The quantitative estimate of drug-likeness (QED) is 0.737. The maximum atomic E-state index is 6.20. The van der Waals surface area contributed by atoms with Gasteiger partial charge in [-0.25, -0.2) is 4.98 Å². The summed E-state index contributed by atoms with van der Waals surface area (Å²) in [6.45, 7) is 5.41. The van der Waals surface area contributed by atoms with E-state index in [0.717, 1.165) is 12.4 Å². The lowest BCUT2D eigenvalue weighted by molar-refractivity contribution is 0.489. The molecule has 1 fully saturated rings. The predicted octanol–water partition coefficient (Wildman–Crippen LogP) is 4.67. The number of hydrogen-bond acceptors (Lipinski definition) is 2. The Kier molecular flexibility index (Phi) is 4.06. The molecule has 0 spiro atoms. The lowest BCUT2D eigenvalue weighted by atomic mass is 10.0. The van der Waals surface area contributed by atoms with Crippen molar-refractivity contribution in [3.8, 4) is 0 Å². The standard InChI is InChI=1S/C12H15Cl3N2/c1-7(2)10-4-3-5-17(10)12-9(14)6-8(13)11(15)16-12/h6-7,10H,3-5H2,1-2H3. The Morgan fingerprint density at radius 1 is 1.29 bits per heavy atom. The molecule has 17 heavy (non-hydrogen) atoms. The number of nitrogens with zero attached hydrogens (tertiary/aromatic N) is 2. The summed E-state index contributed by atoms with van der Waals surface area (Å²) < 4.78 is 0. The first kappa shape index (κ1) is 13.3. The molecule has 0 saturated carbocycles. The highest BCUT2D eigenvalue weighted by molar-refractivity contribution is 6.42. The van der Waals surface area contributed by atoms with Crippen LogP contribution in [0.15, 0.2) is 6.07 Å². The van der Waals surface area contributed by atoms with Crippen LogP contribution < -0.4 is 4.90 Å². The van der Waals surface area contributed by atoms with Crippen molar-refractivity contribution >= 4 is 40.6 Å². The fourth-order valence-corrected chi connectivity index (χ4v) is 2.99. The maximum Gasteiger partial charge on any atom is 0.150 e. The zero-order valence-electron chi connectivity index (χ0n) is 9.88. The van der Waals surface area contributed by atoms with Gasteiger partial charge in [0.05, 0.1) is 10.0 Å². The predicted molar refractivity (Wildman–Crippen MR) is 74.5 cm³/mol. The summed E-state index contributed by atoms with van der Waals surface area (Å²) in [6, 6.07) is 2.15. The second-order valence-electron chi connectivity index (χ2n) is 4.71. The molecule has 5 heteroatoms. The number of pyridine rings is 1. The molecule has 2 heterocycles. The van der Waals surface area contributed by atoms with Crippen LogP contribution in [-0.4, -0.2) is 17.6 Å². The average molecular weight is 294 g/mol. The number of rotatable bonds is 2. The molecular weight excluding hydrogens is 279 g/mol. The topological polar surface area (TPSA) is 16.1 Å². The Morgan fingerprint density at radius 2 is 2.00 bits per heavy atom. The summed E-state index contributed by atoms with van der Waals surface area (Å²) in [4.78, 5) is 6.56. The van der Waals surface area contributed by atoms with E-state index in [0.29, 0.717) is 27.2 Å². The molecule has 94 valence electrons. The van der Waals surface area contributed by atoms with Crippen LogP contribution >= 0.6 is 34.8 Å². The van der Waals surface area contributed by atoms with E-state index in [1.807, 2.05) is 0 Å². The van der Waals surface area contributed by atoms with Crippen molar-refractivity contribution in [1.29, 1.82) is 0 Å². The third-order valence-corrected chi connectivity index (χ3v) is 4.16. The van der Waals surface area contributed by atoms with E-state index >= 15 is 0 Å². The third kappa shape index (κ3) is 2.64. The first-order valence-electron chi connectivity index (χ1n) is 5.79. The summed E-state index contributed by atoms with van der Waals surface area (Å²) >= 11 is 18.1. The summed E-state index contributed by atoms with van der Waals surface area (Å²) in [7, 11) is 0. The lowest BCUT2D eigenvalue weighted by Crippen LogP contribution is -2.34. The van der Waals surface area contributed by atoms with Crippen molar-refractivity contribution in [1.82, 2.24) is 4.98 Å². The van der Waals surface area contributed by atoms with Crippen LogP contribution in [0.1, 0.15) is 26.7 Å². The van der Waals surface area contributed by atoms with E-state index in [2.05, 4.69) is 23.7 Å². The van der Waals surface area contributed by atoms with Gasteiger partial charge in [-0.05, 0) is 24.8 Å². The molecule has 2 rings (SSSR count). The van der Waals surface area contributed by atoms with Gasteiger partial charge in [-0.1, -0.05) is 48.7 Å². The van der Waals surface area contributed by atoms with Gasteiger partial charge in [-0.3, -0.25) is 0 Å². The molecular formula is C12H15Cl3N2. The van der Waals surface area contributed by atoms with Crippen LogP contribution in [-0.2, 0) is 0 Å². The first-order chi connectivity index (χ1) is 8.00. The summed E-state index contributed by atoms with van der Waals surface area (Å²) in [5, 5.41) is 1.30. The van der Waals surface area contributed by atoms with Crippen molar-refractivity contribution in [2.45, 2.75) is 32.7 Å². The smallest absolute Gasteiger partial charge is 0.150 e. The Morgan fingerprint density at radius 3 is 2.65 bits per heavy atom.